The number of amides is 1. The highest BCUT2D eigenvalue weighted by Gasteiger charge is 2.31. The number of hydrogen-bond donors (Lipinski definition) is 2. The van der Waals surface area contributed by atoms with E-state index >= 15 is 0 Å². The minimum absolute atomic E-state index is 0.0273. The van der Waals surface area contributed by atoms with E-state index in [9.17, 15) is 9.90 Å². The Morgan fingerprint density at radius 3 is 3.00 bits per heavy atom. The van der Waals surface area contributed by atoms with Gasteiger partial charge in [-0.2, -0.15) is 5.10 Å². The number of likely N-dealkylation sites (tertiary alicyclic amines) is 1. The summed E-state index contributed by atoms with van der Waals surface area (Å²) in [4.78, 5) is 15.1. The summed E-state index contributed by atoms with van der Waals surface area (Å²) >= 11 is 0. The molecule has 136 valence electrons. The van der Waals surface area contributed by atoms with Gasteiger partial charge in [0.15, 0.2) is 5.69 Å². The quantitative estimate of drug-likeness (QED) is 0.750. The maximum Gasteiger partial charge on any atom is 0.275 e. The molecule has 1 saturated heterocycles. The number of nitrogens with one attached hydrogen (secondary N) is 1. The molecular weight excluding hydrogens is 330 g/mol. The van der Waals surface area contributed by atoms with Gasteiger partial charge in [0.1, 0.15) is 11.9 Å². The van der Waals surface area contributed by atoms with Crippen LogP contribution in [0.5, 0.6) is 0 Å². The number of para-hydroxylation sites is 1. The number of aromatic nitrogens is 2. The van der Waals surface area contributed by atoms with Gasteiger partial charge in [0, 0.05) is 24.4 Å². The molecule has 2 atom stereocenters. The van der Waals surface area contributed by atoms with Crippen LogP contribution in [0.3, 0.4) is 0 Å². The monoisotopic (exact) mass is 353 g/mol. The highest BCUT2D eigenvalue weighted by Crippen LogP contribution is 2.28. The van der Waals surface area contributed by atoms with Crippen molar-refractivity contribution in [2.24, 2.45) is 0 Å². The molecule has 0 saturated carbocycles. The Kier molecular flexibility index (Phi) is 4.75. The normalized spacial score (nSPS) is 19.4. The van der Waals surface area contributed by atoms with Gasteiger partial charge in [-0.3, -0.25) is 9.89 Å². The molecule has 4 rings (SSSR count). The second kappa shape index (κ2) is 7.33. The molecule has 0 spiro atoms. The average Bonchev–Trinajstić information content (AvgIpc) is 3.28. The van der Waals surface area contributed by atoms with Gasteiger partial charge in [-0.25, -0.2) is 0 Å². The highest BCUT2D eigenvalue weighted by atomic mass is 16.4. The molecule has 3 aromatic rings. The van der Waals surface area contributed by atoms with Crippen LogP contribution in [0.15, 0.2) is 47.1 Å². The van der Waals surface area contributed by atoms with Crippen molar-refractivity contribution in [3.05, 3.63) is 54.1 Å². The fourth-order valence-electron chi connectivity index (χ4n) is 3.81. The van der Waals surface area contributed by atoms with Crippen molar-refractivity contribution in [1.29, 1.82) is 0 Å². The van der Waals surface area contributed by atoms with Gasteiger partial charge in [-0.15, -0.1) is 0 Å². The summed E-state index contributed by atoms with van der Waals surface area (Å²) in [5.41, 5.74) is 1.32. The Morgan fingerprint density at radius 2 is 2.15 bits per heavy atom. The summed E-state index contributed by atoms with van der Waals surface area (Å²) in [6.45, 7) is 0.690. The summed E-state index contributed by atoms with van der Waals surface area (Å²) in [7, 11) is 0. The lowest BCUT2D eigenvalue weighted by molar-refractivity contribution is 0.0554. The van der Waals surface area contributed by atoms with E-state index in [1.807, 2.05) is 29.2 Å². The molecule has 6 nitrogen and oxygen atoms in total. The Balaban J connectivity index is 1.59. The van der Waals surface area contributed by atoms with E-state index in [0.29, 0.717) is 24.4 Å². The van der Waals surface area contributed by atoms with Crippen molar-refractivity contribution in [2.75, 3.05) is 6.54 Å². The van der Waals surface area contributed by atoms with Crippen molar-refractivity contribution in [3.8, 4) is 0 Å². The average molecular weight is 353 g/mol. The number of fused-ring (bicyclic) bond motifs is 1. The maximum atomic E-state index is 13.2. The van der Waals surface area contributed by atoms with E-state index in [0.717, 1.165) is 36.6 Å². The van der Waals surface area contributed by atoms with E-state index in [1.165, 1.54) is 0 Å². The number of aromatic amines is 1. The van der Waals surface area contributed by atoms with Crippen LogP contribution < -0.4 is 0 Å². The molecular formula is C20H23N3O3. The summed E-state index contributed by atoms with van der Waals surface area (Å²) < 4.78 is 5.32. The van der Waals surface area contributed by atoms with Crippen LogP contribution in [-0.2, 0) is 0 Å². The molecule has 2 N–H and O–H groups in total. The van der Waals surface area contributed by atoms with Gasteiger partial charge in [-0.05, 0) is 31.0 Å². The predicted octanol–water partition coefficient (Wildman–Crippen LogP) is 3.66. The minimum atomic E-state index is -0.709. The number of furan rings is 1. The first-order chi connectivity index (χ1) is 12.7. The van der Waals surface area contributed by atoms with Crippen LogP contribution in [0.4, 0.5) is 0 Å². The van der Waals surface area contributed by atoms with Crippen molar-refractivity contribution in [1.82, 2.24) is 15.1 Å². The van der Waals surface area contributed by atoms with Gasteiger partial charge in [0.05, 0.1) is 11.8 Å². The second-order valence-corrected chi connectivity index (χ2v) is 6.89. The number of carbonyl (C=O) groups is 1. The molecule has 1 aromatic carbocycles. The largest absolute Gasteiger partial charge is 0.467 e. The third-order valence-corrected chi connectivity index (χ3v) is 5.18. The minimum Gasteiger partial charge on any atom is -0.467 e. The highest BCUT2D eigenvalue weighted by molar-refractivity contribution is 6.04. The van der Waals surface area contributed by atoms with Crippen molar-refractivity contribution >= 4 is 16.8 Å². The zero-order chi connectivity index (χ0) is 17.9. The molecule has 1 aliphatic heterocycles. The molecule has 2 unspecified atom stereocenters. The third kappa shape index (κ3) is 3.24. The summed E-state index contributed by atoms with van der Waals surface area (Å²) in [5, 5.41) is 18.5. The molecule has 0 aliphatic carbocycles. The first-order valence-corrected chi connectivity index (χ1v) is 9.19. The molecule has 2 aromatic heterocycles. The fraction of sp³-hybridized carbons (Fsp3) is 0.400. The molecule has 0 bridgehead atoms. The zero-order valence-corrected chi connectivity index (χ0v) is 14.6. The molecule has 1 aliphatic rings. The molecule has 0 radical (unpaired) electrons. The van der Waals surface area contributed by atoms with Crippen LogP contribution >= 0.6 is 0 Å². The van der Waals surface area contributed by atoms with Gasteiger partial charge in [0.25, 0.3) is 5.91 Å². The second-order valence-electron chi connectivity index (χ2n) is 6.89. The fourth-order valence-corrected chi connectivity index (χ4v) is 3.81. The van der Waals surface area contributed by atoms with Gasteiger partial charge in [0.2, 0.25) is 0 Å². The van der Waals surface area contributed by atoms with Gasteiger partial charge >= 0.3 is 0 Å². The molecule has 1 amide bonds. The van der Waals surface area contributed by atoms with Crippen LogP contribution in [0, 0.1) is 0 Å². The number of hydrogen-bond acceptors (Lipinski definition) is 4. The maximum absolute atomic E-state index is 13.2. The van der Waals surface area contributed by atoms with E-state index in [-0.39, 0.29) is 11.9 Å². The number of H-pyrrole nitrogens is 1. The molecule has 1 fully saturated rings. The van der Waals surface area contributed by atoms with Crippen molar-refractivity contribution in [3.63, 3.8) is 0 Å². The smallest absolute Gasteiger partial charge is 0.275 e. The SMILES string of the molecule is O=C(c1n[nH]c2ccccc12)N1CCCCCC1CC(O)c1ccco1. The van der Waals surface area contributed by atoms with Gasteiger partial charge < -0.3 is 14.4 Å². The predicted molar refractivity (Wildman–Crippen MR) is 97.7 cm³/mol. The molecule has 6 heteroatoms. The van der Waals surface area contributed by atoms with E-state index < -0.39 is 6.10 Å². The molecule has 3 heterocycles. The summed E-state index contributed by atoms with van der Waals surface area (Å²) in [5.74, 6) is 0.480. The zero-order valence-electron chi connectivity index (χ0n) is 14.6. The van der Waals surface area contributed by atoms with Crippen LogP contribution in [0.1, 0.15) is 54.5 Å². The van der Waals surface area contributed by atoms with E-state index in [4.69, 9.17) is 4.42 Å². The topological polar surface area (TPSA) is 82.4 Å². The van der Waals surface area contributed by atoms with Crippen molar-refractivity contribution in [2.45, 2.75) is 44.2 Å². The Hall–Kier alpha value is -2.60. The lowest BCUT2D eigenvalue weighted by Crippen LogP contribution is -2.41. The summed E-state index contributed by atoms with van der Waals surface area (Å²) in [6.07, 6.45) is 5.33. The number of carbonyl (C=O) groups excluding carboxylic acids is 1. The van der Waals surface area contributed by atoms with Crippen molar-refractivity contribution < 1.29 is 14.3 Å². The van der Waals surface area contributed by atoms with Crippen LogP contribution in [0.2, 0.25) is 0 Å². The first kappa shape index (κ1) is 16.8. The van der Waals surface area contributed by atoms with E-state index in [2.05, 4.69) is 10.2 Å². The molecule has 26 heavy (non-hydrogen) atoms. The number of benzene rings is 1. The van der Waals surface area contributed by atoms with E-state index in [1.54, 1.807) is 18.4 Å². The summed E-state index contributed by atoms with van der Waals surface area (Å²) in [6, 6.07) is 11.2. The van der Waals surface area contributed by atoms with Crippen LogP contribution in [0.25, 0.3) is 10.9 Å². The number of aliphatic hydroxyl groups excluding tert-OH is 1. The Morgan fingerprint density at radius 1 is 1.27 bits per heavy atom. The van der Waals surface area contributed by atoms with Crippen LogP contribution in [-0.4, -0.2) is 38.7 Å². The number of rotatable bonds is 4. The number of nitrogens with zero attached hydrogens (tertiary/aromatic N) is 2. The third-order valence-electron chi connectivity index (χ3n) is 5.18. The first-order valence-electron chi connectivity index (χ1n) is 9.19. The van der Waals surface area contributed by atoms with Gasteiger partial charge in [-0.1, -0.05) is 31.0 Å². The lowest BCUT2D eigenvalue weighted by atomic mass is 10.0. The lowest BCUT2D eigenvalue weighted by Gasteiger charge is -2.30. The number of aliphatic hydroxyl groups is 1. The Labute approximate surface area is 151 Å². The standard InChI is InChI=1S/C20H23N3O3/c24-17(18-10-6-12-26-18)13-14-7-2-1-5-11-23(14)20(25)19-15-8-3-4-9-16(15)21-22-19/h3-4,6,8-10,12,14,17,24H,1-2,5,7,11,13H2,(H,21,22). The Bertz CT molecular complexity index is 871.